The van der Waals surface area contributed by atoms with Crippen LogP contribution < -0.4 is 21.1 Å². The van der Waals surface area contributed by atoms with Gasteiger partial charge in [-0.1, -0.05) is 37.0 Å². The molecule has 0 atom stereocenters. The van der Waals surface area contributed by atoms with E-state index >= 15 is 0 Å². The molecular weight excluding hydrogens is 715 g/mol. The van der Waals surface area contributed by atoms with E-state index in [9.17, 15) is 28.0 Å². The Balaban J connectivity index is 1.04. The number of fused-ring (bicyclic) bond motifs is 2. The summed E-state index contributed by atoms with van der Waals surface area (Å²) in [5.41, 5.74) is 7.52. The van der Waals surface area contributed by atoms with Gasteiger partial charge < -0.3 is 19.7 Å². The normalized spacial score (nSPS) is 14.0. The molecule has 0 spiro atoms. The van der Waals surface area contributed by atoms with E-state index < -0.39 is 18.4 Å². The average molecular weight is 757 g/mol. The number of rotatable bonds is 9. The van der Waals surface area contributed by atoms with Crippen LogP contribution in [-0.2, 0) is 31.2 Å². The van der Waals surface area contributed by atoms with Gasteiger partial charge >= 0.3 is 6.03 Å². The minimum Gasteiger partial charge on any atom is -0.350 e. The fourth-order valence-corrected chi connectivity index (χ4v) is 7.41. The number of halogens is 2. The van der Waals surface area contributed by atoms with Crippen molar-refractivity contribution in [2.75, 3.05) is 24.5 Å². The molecule has 4 amide bonds. The van der Waals surface area contributed by atoms with Crippen molar-refractivity contribution >= 4 is 40.1 Å². The number of anilines is 2. The van der Waals surface area contributed by atoms with Crippen LogP contribution in [0.4, 0.5) is 25.0 Å². The van der Waals surface area contributed by atoms with Crippen LogP contribution in [0.5, 0.6) is 0 Å². The summed E-state index contributed by atoms with van der Waals surface area (Å²) in [6, 6.07) is 19.7. The van der Waals surface area contributed by atoms with E-state index in [1.165, 1.54) is 12.3 Å². The number of urea groups is 1. The number of aryl methyl sites for hydroxylation is 4. The van der Waals surface area contributed by atoms with Crippen LogP contribution in [0.1, 0.15) is 76.5 Å². The van der Waals surface area contributed by atoms with E-state index in [0.717, 1.165) is 57.4 Å². The number of nitrogens with zero attached hydrogens (tertiary/aromatic N) is 4. The smallest absolute Gasteiger partial charge is 0.324 e. The van der Waals surface area contributed by atoms with Crippen molar-refractivity contribution in [3.63, 3.8) is 0 Å². The van der Waals surface area contributed by atoms with Gasteiger partial charge in [0.1, 0.15) is 5.69 Å². The van der Waals surface area contributed by atoms with Crippen LogP contribution in [0.15, 0.2) is 77.7 Å². The number of nitrogens with one attached hydrogen (secondary N) is 2. The number of imide groups is 1. The van der Waals surface area contributed by atoms with Crippen molar-refractivity contribution in [3.8, 4) is 23.0 Å². The first-order chi connectivity index (χ1) is 27.0. The Kier molecular flexibility index (Phi) is 11.0. The molecule has 56 heavy (non-hydrogen) atoms. The Labute approximate surface area is 323 Å². The molecule has 2 aromatic heterocycles. The summed E-state index contributed by atoms with van der Waals surface area (Å²) < 4.78 is 31.3. The van der Waals surface area contributed by atoms with Crippen LogP contribution >= 0.6 is 0 Å². The van der Waals surface area contributed by atoms with Crippen LogP contribution in [0, 0.1) is 18.8 Å². The van der Waals surface area contributed by atoms with Crippen molar-refractivity contribution in [2.24, 2.45) is 7.05 Å². The Morgan fingerprint density at radius 1 is 0.982 bits per heavy atom. The van der Waals surface area contributed by atoms with Gasteiger partial charge in [0.15, 0.2) is 0 Å². The number of alkyl halides is 2. The summed E-state index contributed by atoms with van der Waals surface area (Å²) in [5.74, 6) is 5.46. The second-order valence-electron chi connectivity index (χ2n) is 14.2. The molecule has 2 N–H and O–H groups in total. The first-order valence-corrected chi connectivity index (χ1v) is 18.8. The summed E-state index contributed by atoms with van der Waals surface area (Å²) in [7, 11) is 1.77. The van der Waals surface area contributed by atoms with E-state index in [1.807, 2.05) is 42.5 Å². The zero-order valence-electron chi connectivity index (χ0n) is 31.5. The third-order valence-corrected chi connectivity index (χ3v) is 10.4. The number of benzene rings is 3. The predicted octanol–water partition coefficient (Wildman–Crippen LogP) is 7.11. The molecule has 0 aliphatic carbocycles. The topological polar surface area (TPSA) is 117 Å². The Morgan fingerprint density at radius 2 is 1.82 bits per heavy atom. The van der Waals surface area contributed by atoms with Crippen LogP contribution in [-0.4, -0.2) is 51.9 Å². The number of carbonyl (C=O) groups excluding carboxylic acids is 3. The average Bonchev–Trinajstić information content (AvgIpc) is 3.20. The lowest BCUT2D eigenvalue weighted by molar-refractivity contribution is -0.121. The monoisotopic (exact) mass is 756 g/mol. The molecule has 0 bridgehead atoms. The second-order valence-corrected chi connectivity index (χ2v) is 14.2. The summed E-state index contributed by atoms with van der Waals surface area (Å²) in [4.78, 5) is 57.3. The van der Waals surface area contributed by atoms with E-state index in [2.05, 4.69) is 45.3 Å². The van der Waals surface area contributed by atoms with Crippen molar-refractivity contribution < 1.29 is 23.2 Å². The number of aromatic nitrogens is 2. The highest BCUT2D eigenvalue weighted by molar-refractivity contribution is 5.97. The molecule has 4 heterocycles. The van der Waals surface area contributed by atoms with E-state index in [-0.39, 0.29) is 35.7 Å². The molecule has 1 fully saturated rings. The van der Waals surface area contributed by atoms with Gasteiger partial charge in [0.05, 0.1) is 11.2 Å². The molecule has 3 aromatic carbocycles. The van der Waals surface area contributed by atoms with E-state index in [1.54, 1.807) is 35.6 Å². The second kappa shape index (κ2) is 16.2. The maximum absolute atomic E-state index is 14.8. The van der Waals surface area contributed by atoms with Gasteiger partial charge in [-0.25, -0.2) is 13.6 Å². The molecule has 10 nitrogen and oxygen atoms in total. The fourth-order valence-electron chi connectivity index (χ4n) is 7.41. The molecule has 0 unspecified atom stereocenters. The molecular formula is C44H42F2N6O4. The number of amides is 4. The Bertz CT molecular complexity index is 2480. The van der Waals surface area contributed by atoms with Crippen LogP contribution in [0.2, 0.25) is 0 Å². The van der Waals surface area contributed by atoms with Gasteiger partial charge in [-0.2, -0.15) is 0 Å². The number of hydrogen-bond donors (Lipinski definition) is 2. The number of pyridine rings is 2. The number of hydrogen-bond acceptors (Lipinski definition) is 6. The van der Waals surface area contributed by atoms with Gasteiger partial charge in [0, 0.05) is 85.6 Å². The maximum atomic E-state index is 14.8. The highest BCUT2D eigenvalue weighted by Crippen LogP contribution is 2.43. The molecule has 2 aliphatic rings. The van der Waals surface area contributed by atoms with Gasteiger partial charge in [-0.15, -0.1) is 0 Å². The Hall–Kier alpha value is -6.35. The van der Waals surface area contributed by atoms with Crippen molar-refractivity contribution in [1.29, 1.82) is 0 Å². The van der Waals surface area contributed by atoms with Gasteiger partial charge in [-0.05, 0) is 97.0 Å². The van der Waals surface area contributed by atoms with Crippen molar-refractivity contribution in [1.82, 2.24) is 25.1 Å². The maximum Gasteiger partial charge on any atom is 0.324 e. The zero-order valence-corrected chi connectivity index (χ0v) is 31.5. The fraction of sp³-hybridized carbons (Fsp3) is 0.295. The number of carbonyl (C=O) groups is 3. The Morgan fingerprint density at radius 3 is 2.57 bits per heavy atom. The molecule has 5 aromatic rings. The van der Waals surface area contributed by atoms with E-state index in [0.29, 0.717) is 49.2 Å². The molecule has 7 rings (SSSR count). The van der Waals surface area contributed by atoms with Gasteiger partial charge in [0.2, 0.25) is 5.91 Å². The molecule has 1 saturated heterocycles. The van der Waals surface area contributed by atoms with Crippen LogP contribution in [0.3, 0.4) is 0 Å². The predicted molar refractivity (Wildman–Crippen MR) is 212 cm³/mol. The molecule has 0 radical (unpaired) electrons. The zero-order chi connectivity index (χ0) is 39.5. The minimum absolute atomic E-state index is 0.0643. The third kappa shape index (κ3) is 7.89. The van der Waals surface area contributed by atoms with Crippen molar-refractivity contribution in [2.45, 2.75) is 58.9 Å². The quantitative estimate of drug-likeness (QED) is 0.122. The summed E-state index contributed by atoms with van der Waals surface area (Å²) in [6.07, 6.45) is 1.65. The SMILES string of the molecule is CCc1cc(N2CCCc3cc(-c4ccc(C(=O)NCCC#Cc5cccc(CN6CCC(=O)NC6=O)c5)nc4)c(C(F)F)cc32)c2cc(C)c(=O)n(C)c2c1. The lowest BCUT2D eigenvalue weighted by Crippen LogP contribution is -2.48. The van der Waals surface area contributed by atoms with E-state index in [4.69, 9.17) is 0 Å². The summed E-state index contributed by atoms with van der Waals surface area (Å²) in [6.45, 7) is 5.49. The largest absolute Gasteiger partial charge is 0.350 e. The van der Waals surface area contributed by atoms with Gasteiger partial charge in [-0.3, -0.25) is 24.7 Å². The molecule has 286 valence electrons. The minimum atomic E-state index is -2.75. The summed E-state index contributed by atoms with van der Waals surface area (Å²) >= 11 is 0. The standard InChI is InChI=1S/C44H42F2N6O4/c1-4-28-21-38-35(19-27(2)43(55)50(38)3)39(22-28)52-17-8-12-31-23-33(34(41(45)46)24-37(31)52)32-13-14-36(48-25-32)42(54)47-16-6-5-9-29-10-7-11-30(20-29)26-51-18-15-40(53)49-44(51)56/h7,10-11,13-14,19-25,41H,4,6,8,12,15-18,26H2,1-3H3,(H,47,54)(H,49,53,56). The first kappa shape index (κ1) is 37.9. The highest BCUT2D eigenvalue weighted by Gasteiger charge is 2.27. The molecule has 12 heteroatoms. The van der Waals surface area contributed by atoms with Crippen molar-refractivity contribution in [3.05, 3.63) is 122 Å². The molecule has 0 saturated carbocycles. The first-order valence-electron chi connectivity index (χ1n) is 18.8. The van der Waals surface area contributed by atoms with Gasteiger partial charge in [0.25, 0.3) is 17.9 Å². The highest BCUT2D eigenvalue weighted by atomic mass is 19.3. The lowest BCUT2D eigenvalue weighted by atomic mass is 9.91. The third-order valence-electron chi connectivity index (χ3n) is 10.4. The molecule has 2 aliphatic heterocycles. The van der Waals surface area contributed by atoms with Crippen LogP contribution in [0.25, 0.3) is 22.0 Å². The lowest BCUT2D eigenvalue weighted by Gasteiger charge is -2.34. The summed E-state index contributed by atoms with van der Waals surface area (Å²) in [5, 5.41) is 6.03.